The molecule has 3 heterocycles. The maximum absolute atomic E-state index is 13.4. The fourth-order valence-corrected chi connectivity index (χ4v) is 7.00. The summed E-state index contributed by atoms with van der Waals surface area (Å²) in [5.74, 6) is 0.318. The first-order valence-electron chi connectivity index (χ1n) is 13.2. The topological polar surface area (TPSA) is 83.5 Å². The van der Waals surface area contributed by atoms with E-state index in [1.54, 1.807) is 43.5 Å². The molecule has 2 unspecified atom stereocenters. The van der Waals surface area contributed by atoms with Crippen LogP contribution >= 0.6 is 31.9 Å². The number of fused-ring (bicyclic) bond motifs is 2. The molecule has 1 fully saturated rings. The highest BCUT2D eigenvalue weighted by Gasteiger charge is 2.64. The standard InChI is InChI=1S/C31H25Br2NO7/c1-37-21-10-11-31-23-14-25-24(38-16-39-25)13-22(23)28(41-30(36)18-4-8-20(33)9-5-18)34(26(31)12-21)15-27(31)40-29(35)17-2-6-19(32)7-3-17/h2-11,13-14,21,26-28H,12,15-16H2,1H3/t21-,26+,27?,28-,31+/m1/s1. The van der Waals surface area contributed by atoms with Crippen molar-refractivity contribution in [2.45, 2.75) is 36.3 Å². The first-order valence-corrected chi connectivity index (χ1v) is 14.8. The molecule has 10 heteroatoms. The Morgan fingerprint density at radius 1 is 0.902 bits per heavy atom. The molecule has 41 heavy (non-hydrogen) atoms. The van der Waals surface area contributed by atoms with Gasteiger partial charge in [-0.1, -0.05) is 44.0 Å². The Hall–Kier alpha value is -3.18. The highest BCUT2D eigenvalue weighted by molar-refractivity contribution is 9.10. The van der Waals surface area contributed by atoms with Crippen LogP contribution in [0.15, 0.2) is 81.8 Å². The predicted octanol–water partition coefficient (Wildman–Crippen LogP) is 5.93. The third kappa shape index (κ3) is 4.39. The summed E-state index contributed by atoms with van der Waals surface area (Å²) < 4.78 is 31.5. The van der Waals surface area contributed by atoms with Crippen LogP contribution in [0.3, 0.4) is 0 Å². The van der Waals surface area contributed by atoms with E-state index in [2.05, 4.69) is 42.8 Å². The van der Waals surface area contributed by atoms with Crippen molar-refractivity contribution in [2.24, 2.45) is 0 Å². The Bertz CT molecular complexity index is 1560. The summed E-state index contributed by atoms with van der Waals surface area (Å²) in [5.41, 5.74) is 1.84. The van der Waals surface area contributed by atoms with Gasteiger partial charge in [0, 0.05) is 34.2 Å². The van der Waals surface area contributed by atoms with Crippen LogP contribution in [0.5, 0.6) is 11.5 Å². The van der Waals surface area contributed by atoms with Crippen molar-refractivity contribution in [3.63, 3.8) is 0 Å². The summed E-state index contributed by atoms with van der Waals surface area (Å²) in [5, 5.41) is 0. The SMILES string of the molecule is CO[C@@H]1C=C[C@@]23c4cc5c(cc4[C@@H](OC(=O)c4ccc(Br)cc4)N(CC2OC(=O)c2ccc(Br)cc2)[C@H]3C1)OCO5. The molecule has 210 valence electrons. The average molecular weight is 683 g/mol. The summed E-state index contributed by atoms with van der Waals surface area (Å²) in [6.45, 7) is 0.457. The van der Waals surface area contributed by atoms with Gasteiger partial charge in [0.25, 0.3) is 0 Å². The molecule has 8 nitrogen and oxygen atoms in total. The van der Waals surface area contributed by atoms with Crippen molar-refractivity contribution in [1.29, 1.82) is 0 Å². The van der Waals surface area contributed by atoms with E-state index in [-0.39, 0.29) is 18.9 Å². The zero-order valence-electron chi connectivity index (χ0n) is 21.9. The molecule has 3 aromatic carbocycles. The predicted molar refractivity (Wildman–Crippen MR) is 155 cm³/mol. The van der Waals surface area contributed by atoms with Gasteiger partial charge in [-0.2, -0.15) is 0 Å². The van der Waals surface area contributed by atoms with Crippen LogP contribution in [0.25, 0.3) is 0 Å². The molecule has 0 saturated carbocycles. The van der Waals surface area contributed by atoms with E-state index in [0.717, 1.165) is 20.1 Å². The van der Waals surface area contributed by atoms with Gasteiger partial charge >= 0.3 is 11.9 Å². The lowest BCUT2D eigenvalue weighted by Gasteiger charge is -2.48. The monoisotopic (exact) mass is 681 g/mol. The van der Waals surface area contributed by atoms with Crippen LogP contribution in [-0.4, -0.2) is 55.5 Å². The van der Waals surface area contributed by atoms with Crippen molar-refractivity contribution in [3.05, 3.63) is 104 Å². The largest absolute Gasteiger partial charge is 0.456 e. The number of halogens is 2. The minimum atomic E-state index is -0.742. The van der Waals surface area contributed by atoms with E-state index >= 15 is 0 Å². The highest BCUT2D eigenvalue weighted by atomic mass is 79.9. The molecule has 1 saturated heterocycles. The number of rotatable bonds is 5. The summed E-state index contributed by atoms with van der Waals surface area (Å²) in [7, 11) is 1.68. The third-order valence-electron chi connectivity index (χ3n) is 8.41. The normalized spacial score (nSPS) is 28.5. The highest BCUT2D eigenvalue weighted by Crippen LogP contribution is 2.58. The van der Waals surface area contributed by atoms with Crippen molar-refractivity contribution < 1.29 is 33.3 Å². The van der Waals surface area contributed by atoms with E-state index in [1.807, 2.05) is 30.3 Å². The van der Waals surface area contributed by atoms with E-state index in [4.69, 9.17) is 23.7 Å². The second-order valence-electron chi connectivity index (χ2n) is 10.5. The molecule has 0 radical (unpaired) electrons. The van der Waals surface area contributed by atoms with Gasteiger partial charge in [-0.25, -0.2) is 9.59 Å². The molecule has 7 rings (SSSR count). The lowest BCUT2D eigenvalue weighted by molar-refractivity contribution is -0.0605. The molecule has 4 aliphatic rings. The molecule has 2 bridgehead atoms. The van der Waals surface area contributed by atoms with Gasteiger partial charge in [-0.05, 0) is 72.6 Å². The van der Waals surface area contributed by atoms with Gasteiger partial charge in [-0.15, -0.1) is 0 Å². The third-order valence-corrected chi connectivity index (χ3v) is 9.47. The Kier molecular flexibility index (Phi) is 6.69. The van der Waals surface area contributed by atoms with E-state index in [9.17, 15) is 9.59 Å². The number of nitrogens with zero attached hydrogens (tertiary/aromatic N) is 1. The quantitative estimate of drug-likeness (QED) is 0.242. The summed E-state index contributed by atoms with van der Waals surface area (Å²) in [4.78, 5) is 29.0. The van der Waals surface area contributed by atoms with Gasteiger partial charge in [0.05, 0.1) is 22.6 Å². The van der Waals surface area contributed by atoms with E-state index in [1.165, 1.54) is 0 Å². The number of carbonyl (C=O) groups excluding carboxylic acids is 2. The number of ether oxygens (including phenoxy) is 5. The van der Waals surface area contributed by atoms with E-state index in [0.29, 0.717) is 35.6 Å². The fraction of sp³-hybridized carbons (Fsp3) is 0.290. The molecule has 0 spiro atoms. The summed E-state index contributed by atoms with van der Waals surface area (Å²) >= 11 is 6.84. The van der Waals surface area contributed by atoms with Crippen LogP contribution in [0.4, 0.5) is 0 Å². The zero-order chi connectivity index (χ0) is 28.3. The van der Waals surface area contributed by atoms with E-state index < -0.39 is 29.7 Å². The van der Waals surface area contributed by atoms with Gasteiger partial charge < -0.3 is 23.7 Å². The number of esters is 2. The smallest absolute Gasteiger partial charge is 0.339 e. The number of benzene rings is 3. The van der Waals surface area contributed by atoms with Crippen molar-refractivity contribution in [1.82, 2.24) is 4.90 Å². The summed E-state index contributed by atoms with van der Waals surface area (Å²) in [6, 6.07) is 17.8. The first kappa shape index (κ1) is 26.7. The van der Waals surface area contributed by atoms with Crippen LogP contribution in [0.1, 0.15) is 44.5 Å². The number of carbonyl (C=O) groups is 2. The number of methoxy groups -OCH3 is 1. The molecule has 3 aliphatic heterocycles. The van der Waals surface area contributed by atoms with Gasteiger partial charge in [0.2, 0.25) is 6.79 Å². The van der Waals surface area contributed by atoms with Gasteiger partial charge in [0.15, 0.2) is 17.7 Å². The Balaban J connectivity index is 1.33. The maximum atomic E-state index is 13.4. The molecule has 1 aliphatic carbocycles. The molecule has 0 aromatic heterocycles. The lowest BCUT2D eigenvalue weighted by Crippen LogP contribution is -2.54. The number of hydrogen-bond donors (Lipinski definition) is 0. The minimum Gasteiger partial charge on any atom is -0.456 e. The van der Waals surface area contributed by atoms with Crippen LogP contribution in [-0.2, 0) is 19.6 Å². The maximum Gasteiger partial charge on any atom is 0.339 e. The molecule has 3 aromatic rings. The van der Waals surface area contributed by atoms with Gasteiger partial charge in [0.1, 0.15) is 6.10 Å². The molecule has 0 N–H and O–H groups in total. The van der Waals surface area contributed by atoms with Crippen LogP contribution < -0.4 is 9.47 Å². The molecular weight excluding hydrogens is 658 g/mol. The first-order chi connectivity index (χ1) is 19.9. The van der Waals surface area contributed by atoms with Crippen LogP contribution in [0.2, 0.25) is 0 Å². The van der Waals surface area contributed by atoms with Gasteiger partial charge in [-0.3, -0.25) is 4.90 Å². The number of hydrogen-bond acceptors (Lipinski definition) is 8. The Morgan fingerprint density at radius 3 is 2.15 bits per heavy atom. The fourth-order valence-electron chi connectivity index (χ4n) is 6.47. The average Bonchev–Trinajstić information content (AvgIpc) is 3.55. The lowest BCUT2D eigenvalue weighted by atomic mass is 9.65. The zero-order valence-corrected chi connectivity index (χ0v) is 25.1. The molecule has 0 amide bonds. The van der Waals surface area contributed by atoms with Crippen LogP contribution in [0, 0.1) is 0 Å². The molecular formula is C31H25Br2NO7. The Labute approximate surface area is 253 Å². The summed E-state index contributed by atoms with van der Waals surface area (Å²) in [6.07, 6.45) is 3.31. The second kappa shape index (κ2) is 10.3. The second-order valence-corrected chi connectivity index (χ2v) is 12.3. The van der Waals surface area contributed by atoms with Crippen molar-refractivity contribution >= 4 is 43.8 Å². The Morgan fingerprint density at radius 2 is 1.51 bits per heavy atom. The van der Waals surface area contributed by atoms with Crippen molar-refractivity contribution in [2.75, 3.05) is 20.4 Å². The minimum absolute atomic E-state index is 0.102. The van der Waals surface area contributed by atoms with Crippen molar-refractivity contribution in [3.8, 4) is 11.5 Å². The molecule has 6 atom stereocenters.